The molecule has 3 amide bonds. The van der Waals surface area contributed by atoms with Crippen LogP contribution in [0.25, 0.3) is 0 Å². The Bertz CT molecular complexity index is 806. The third-order valence-electron chi connectivity index (χ3n) is 5.37. The number of carboxylic acid groups (broad SMARTS) is 2. The Morgan fingerprint density at radius 3 is 2.26 bits per heavy atom. The van der Waals surface area contributed by atoms with Crippen molar-refractivity contribution in [3.63, 3.8) is 0 Å². The average molecular weight is 557 g/mol. The van der Waals surface area contributed by atoms with Gasteiger partial charge < -0.3 is 31.5 Å². The van der Waals surface area contributed by atoms with Gasteiger partial charge in [0.25, 0.3) is 0 Å². The van der Waals surface area contributed by atoms with E-state index in [1.165, 1.54) is 0 Å². The summed E-state index contributed by atoms with van der Waals surface area (Å²) in [7, 11) is 0. The second-order valence-corrected chi connectivity index (χ2v) is 9.24. The summed E-state index contributed by atoms with van der Waals surface area (Å²) in [6.07, 6.45) is 4.82. The quantitative estimate of drug-likeness (QED) is 0.173. The fourth-order valence-corrected chi connectivity index (χ4v) is 3.66. The summed E-state index contributed by atoms with van der Waals surface area (Å²) in [5, 5.41) is 22.7. The van der Waals surface area contributed by atoms with Gasteiger partial charge in [0.05, 0.1) is 0 Å². The van der Waals surface area contributed by atoms with Crippen molar-refractivity contribution in [2.45, 2.75) is 70.4 Å². The normalized spacial score (nSPS) is 11.5. The Labute approximate surface area is 214 Å². The molecule has 0 aliphatic carbocycles. The number of carbonyl (C=O) groups is 4. The number of halogens is 1. The molecule has 0 aliphatic rings. The Balaban J connectivity index is 2.42. The van der Waals surface area contributed by atoms with E-state index in [4.69, 9.17) is 15.9 Å². The SMILES string of the molecule is NCCCCCC(=O)N(CCCCCNC(=O)N[C@@H](CCC(=O)O)C(=O)O)Cc1ccc(Br)cc1. The molecule has 0 aromatic heterocycles. The van der Waals surface area contributed by atoms with Crippen LogP contribution < -0.4 is 16.4 Å². The van der Waals surface area contributed by atoms with Crippen molar-refractivity contribution in [1.82, 2.24) is 15.5 Å². The molecule has 0 saturated carbocycles. The third kappa shape index (κ3) is 14.4. The molecule has 6 N–H and O–H groups in total. The van der Waals surface area contributed by atoms with E-state index in [-0.39, 0.29) is 18.7 Å². The number of nitrogens with one attached hydrogen (secondary N) is 2. The van der Waals surface area contributed by atoms with E-state index in [9.17, 15) is 19.2 Å². The number of amides is 3. The van der Waals surface area contributed by atoms with Crippen LogP contribution in [-0.4, -0.2) is 64.7 Å². The number of urea groups is 1. The van der Waals surface area contributed by atoms with Crippen LogP contribution in [0.4, 0.5) is 4.79 Å². The molecule has 11 heteroatoms. The standard InChI is InChI=1S/C24H37BrN4O6/c25-19-10-8-18(9-11-19)17-29(21(30)7-3-1-4-14-26)16-6-2-5-15-27-24(35)28-20(23(33)34)12-13-22(31)32/h8-11,20H,1-7,12-17,26H2,(H,31,32)(H,33,34)(H2,27,28,35)/t20-/m0/s1. The van der Waals surface area contributed by atoms with Gasteiger partial charge in [-0.3, -0.25) is 9.59 Å². The van der Waals surface area contributed by atoms with Crippen molar-refractivity contribution in [2.24, 2.45) is 5.73 Å². The molecule has 0 heterocycles. The lowest BCUT2D eigenvalue weighted by atomic mass is 10.1. The highest BCUT2D eigenvalue weighted by Crippen LogP contribution is 2.14. The number of hydrogen-bond acceptors (Lipinski definition) is 5. The summed E-state index contributed by atoms with van der Waals surface area (Å²) >= 11 is 3.42. The molecule has 1 aromatic carbocycles. The minimum atomic E-state index is -1.28. The predicted molar refractivity (Wildman–Crippen MR) is 136 cm³/mol. The molecule has 0 unspecified atom stereocenters. The number of hydrogen-bond donors (Lipinski definition) is 5. The fraction of sp³-hybridized carbons (Fsp3) is 0.583. The number of benzene rings is 1. The number of nitrogens with two attached hydrogens (primary N) is 1. The summed E-state index contributed by atoms with van der Waals surface area (Å²) in [6.45, 7) is 2.11. The van der Waals surface area contributed by atoms with E-state index in [2.05, 4.69) is 26.6 Å². The maximum absolute atomic E-state index is 12.8. The molecule has 196 valence electrons. The first-order valence-corrected chi connectivity index (χ1v) is 12.7. The number of nitrogens with zero attached hydrogens (tertiary/aromatic N) is 1. The average Bonchev–Trinajstić information content (AvgIpc) is 2.81. The molecule has 0 fully saturated rings. The second kappa shape index (κ2) is 17.7. The van der Waals surface area contributed by atoms with Gasteiger partial charge in [-0.05, 0) is 62.8 Å². The largest absolute Gasteiger partial charge is 0.481 e. The Morgan fingerprint density at radius 2 is 1.63 bits per heavy atom. The summed E-state index contributed by atoms with van der Waals surface area (Å²) < 4.78 is 0.981. The van der Waals surface area contributed by atoms with Crippen molar-refractivity contribution in [3.05, 3.63) is 34.3 Å². The van der Waals surface area contributed by atoms with Crippen molar-refractivity contribution >= 4 is 39.8 Å². The van der Waals surface area contributed by atoms with Crippen LogP contribution in [0, 0.1) is 0 Å². The minimum Gasteiger partial charge on any atom is -0.481 e. The first-order chi connectivity index (χ1) is 16.7. The van der Waals surface area contributed by atoms with E-state index in [0.29, 0.717) is 39.0 Å². The van der Waals surface area contributed by atoms with Gasteiger partial charge in [0.1, 0.15) is 6.04 Å². The van der Waals surface area contributed by atoms with Crippen LogP contribution in [0.1, 0.15) is 63.4 Å². The maximum Gasteiger partial charge on any atom is 0.326 e. The molecule has 1 rings (SSSR count). The molecule has 0 bridgehead atoms. The van der Waals surface area contributed by atoms with E-state index in [1.54, 1.807) is 0 Å². The number of rotatable bonds is 18. The molecule has 0 aliphatic heterocycles. The molecule has 1 atom stereocenters. The number of carbonyl (C=O) groups excluding carboxylic acids is 2. The summed E-state index contributed by atoms with van der Waals surface area (Å²) in [4.78, 5) is 48.3. The van der Waals surface area contributed by atoms with Gasteiger partial charge >= 0.3 is 18.0 Å². The molecular weight excluding hydrogens is 520 g/mol. The Morgan fingerprint density at radius 1 is 0.943 bits per heavy atom. The first kappa shape index (κ1) is 30.4. The first-order valence-electron chi connectivity index (χ1n) is 11.9. The van der Waals surface area contributed by atoms with Crippen LogP contribution in [0.2, 0.25) is 0 Å². The van der Waals surface area contributed by atoms with E-state index >= 15 is 0 Å². The van der Waals surface area contributed by atoms with Crippen LogP contribution in [0.5, 0.6) is 0 Å². The zero-order chi connectivity index (χ0) is 26.1. The van der Waals surface area contributed by atoms with Crippen molar-refractivity contribution in [3.8, 4) is 0 Å². The molecule has 1 aromatic rings. The van der Waals surface area contributed by atoms with Crippen LogP contribution >= 0.6 is 15.9 Å². The van der Waals surface area contributed by atoms with Crippen LogP contribution in [0.3, 0.4) is 0 Å². The van der Waals surface area contributed by atoms with Gasteiger partial charge in [-0.25, -0.2) is 9.59 Å². The smallest absolute Gasteiger partial charge is 0.326 e. The maximum atomic E-state index is 12.8. The van der Waals surface area contributed by atoms with E-state index in [0.717, 1.165) is 42.1 Å². The van der Waals surface area contributed by atoms with E-state index < -0.39 is 24.0 Å². The van der Waals surface area contributed by atoms with Gasteiger partial charge in [0.2, 0.25) is 5.91 Å². The van der Waals surface area contributed by atoms with Crippen LogP contribution in [0.15, 0.2) is 28.7 Å². The highest BCUT2D eigenvalue weighted by atomic mass is 79.9. The summed E-state index contributed by atoms with van der Waals surface area (Å²) in [6, 6.07) is 5.98. The zero-order valence-electron chi connectivity index (χ0n) is 20.0. The molecule has 0 spiro atoms. The second-order valence-electron chi connectivity index (χ2n) is 8.33. The van der Waals surface area contributed by atoms with Crippen molar-refractivity contribution in [1.29, 1.82) is 0 Å². The van der Waals surface area contributed by atoms with Crippen LogP contribution in [-0.2, 0) is 20.9 Å². The van der Waals surface area contributed by atoms with Gasteiger partial charge in [0.15, 0.2) is 0 Å². The lowest BCUT2D eigenvalue weighted by Crippen LogP contribution is -2.46. The minimum absolute atomic E-state index is 0.114. The third-order valence-corrected chi connectivity index (χ3v) is 5.90. The lowest BCUT2D eigenvalue weighted by molar-refractivity contribution is -0.140. The van der Waals surface area contributed by atoms with Gasteiger partial charge in [0, 0.05) is 36.9 Å². The number of carboxylic acids is 2. The Kier molecular flexibility index (Phi) is 15.4. The Hall–Kier alpha value is -2.66. The topological polar surface area (TPSA) is 162 Å². The predicted octanol–water partition coefficient (Wildman–Crippen LogP) is 3.08. The van der Waals surface area contributed by atoms with Gasteiger partial charge in [-0.2, -0.15) is 0 Å². The molecule has 0 radical (unpaired) electrons. The summed E-state index contributed by atoms with van der Waals surface area (Å²) in [5.74, 6) is -2.29. The molecule has 0 saturated heterocycles. The highest BCUT2D eigenvalue weighted by molar-refractivity contribution is 9.10. The van der Waals surface area contributed by atoms with Gasteiger partial charge in [-0.1, -0.05) is 34.5 Å². The number of unbranched alkanes of at least 4 members (excludes halogenated alkanes) is 4. The molecule has 10 nitrogen and oxygen atoms in total. The van der Waals surface area contributed by atoms with Crippen molar-refractivity contribution < 1.29 is 29.4 Å². The molecule has 35 heavy (non-hydrogen) atoms. The van der Waals surface area contributed by atoms with Gasteiger partial charge in [-0.15, -0.1) is 0 Å². The van der Waals surface area contributed by atoms with E-state index in [1.807, 2.05) is 29.2 Å². The number of aliphatic carboxylic acids is 2. The summed E-state index contributed by atoms with van der Waals surface area (Å²) in [5.41, 5.74) is 6.58. The fourth-order valence-electron chi connectivity index (χ4n) is 3.40. The zero-order valence-corrected chi connectivity index (χ0v) is 21.6. The lowest BCUT2D eigenvalue weighted by Gasteiger charge is -2.23. The van der Waals surface area contributed by atoms with Crippen molar-refractivity contribution in [2.75, 3.05) is 19.6 Å². The highest BCUT2D eigenvalue weighted by Gasteiger charge is 2.20. The monoisotopic (exact) mass is 556 g/mol. The molecular formula is C24H37BrN4O6.